The number of nitrogens with one attached hydrogen (secondary N) is 1. The largest absolute Gasteiger partial charge is 0.497 e. The molecule has 4 heteroatoms. The normalized spacial score (nSPS) is 12.6. The number of benzene rings is 1. The van der Waals surface area contributed by atoms with Crippen molar-refractivity contribution < 1.29 is 4.74 Å². The number of nitrogens with zero attached hydrogens (tertiary/aromatic N) is 2. The van der Waals surface area contributed by atoms with E-state index in [1.807, 2.05) is 29.8 Å². The molecule has 1 aliphatic heterocycles. The van der Waals surface area contributed by atoms with Gasteiger partial charge in [-0.25, -0.2) is 4.68 Å². The van der Waals surface area contributed by atoms with Gasteiger partial charge in [0.15, 0.2) is 0 Å². The van der Waals surface area contributed by atoms with Crippen LogP contribution in [0.2, 0.25) is 0 Å². The van der Waals surface area contributed by atoms with Crippen molar-refractivity contribution in [2.75, 3.05) is 12.4 Å². The Bertz CT molecular complexity index is 545. The van der Waals surface area contributed by atoms with Gasteiger partial charge in [-0.3, -0.25) is 0 Å². The summed E-state index contributed by atoms with van der Waals surface area (Å²) < 4.78 is 7.21. The molecule has 1 aliphatic rings. The second kappa shape index (κ2) is 3.27. The lowest BCUT2D eigenvalue weighted by atomic mass is 10.2. The van der Waals surface area contributed by atoms with Crippen LogP contribution in [0.5, 0.6) is 5.75 Å². The molecule has 0 saturated heterocycles. The molecule has 0 amide bonds. The van der Waals surface area contributed by atoms with Gasteiger partial charge < -0.3 is 10.1 Å². The summed E-state index contributed by atoms with van der Waals surface area (Å²) in [6.45, 7) is 2.82. The van der Waals surface area contributed by atoms with Gasteiger partial charge in [-0.1, -0.05) is 0 Å². The Morgan fingerprint density at radius 1 is 1.38 bits per heavy atom. The number of hydrogen-bond donors (Lipinski definition) is 1. The van der Waals surface area contributed by atoms with Crippen molar-refractivity contribution in [3.63, 3.8) is 0 Å². The van der Waals surface area contributed by atoms with E-state index in [9.17, 15) is 0 Å². The predicted octanol–water partition coefficient (Wildman–Crippen LogP) is 2.11. The summed E-state index contributed by atoms with van der Waals surface area (Å²) in [5.41, 5.74) is 4.36. The number of anilines is 1. The van der Waals surface area contributed by atoms with Gasteiger partial charge in [0.25, 0.3) is 0 Å². The van der Waals surface area contributed by atoms with Gasteiger partial charge in [-0.15, -0.1) is 0 Å². The SMILES string of the molecule is COc1ccc2c(c1)-n1nc(C)cc1CN2. The summed E-state index contributed by atoms with van der Waals surface area (Å²) >= 11 is 0. The fourth-order valence-electron chi connectivity index (χ4n) is 2.04. The summed E-state index contributed by atoms with van der Waals surface area (Å²) in [4.78, 5) is 0. The van der Waals surface area contributed by atoms with Crippen molar-refractivity contribution in [3.8, 4) is 11.4 Å². The van der Waals surface area contributed by atoms with Gasteiger partial charge >= 0.3 is 0 Å². The first-order chi connectivity index (χ1) is 7.78. The molecule has 1 aromatic carbocycles. The van der Waals surface area contributed by atoms with Crippen LogP contribution in [0.4, 0.5) is 5.69 Å². The highest BCUT2D eigenvalue weighted by molar-refractivity contribution is 5.65. The topological polar surface area (TPSA) is 39.1 Å². The molecule has 3 rings (SSSR count). The molecule has 0 aliphatic carbocycles. The maximum absolute atomic E-state index is 5.23. The van der Waals surface area contributed by atoms with E-state index in [0.29, 0.717) is 0 Å². The number of methoxy groups -OCH3 is 1. The second-order valence-electron chi connectivity index (χ2n) is 3.93. The lowest BCUT2D eigenvalue weighted by molar-refractivity contribution is 0.414. The number of hydrogen-bond acceptors (Lipinski definition) is 3. The Hall–Kier alpha value is -1.97. The molecule has 4 nitrogen and oxygen atoms in total. The van der Waals surface area contributed by atoms with Gasteiger partial charge in [0, 0.05) is 6.07 Å². The molecule has 2 aromatic rings. The molecule has 0 fully saturated rings. The standard InChI is InChI=1S/C12H13N3O/c1-8-5-9-7-13-11-4-3-10(16-2)6-12(11)15(9)14-8/h3-6,13H,7H2,1-2H3. The van der Waals surface area contributed by atoms with Gasteiger partial charge in [0.1, 0.15) is 5.75 Å². The molecule has 0 radical (unpaired) electrons. The van der Waals surface area contributed by atoms with Crippen LogP contribution in [0.25, 0.3) is 5.69 Å². The molecule has 0 atom stereocenters. The number of fused-ring (bicyclic) bond motifs is 3. The zero-order valence-electron chi connectivity index (χ0n) is 9.32. The first-order valence-corrected chi connectivity index (χ1v) is 5.26. The van der Waals surface area contributed by atoms with E-state index in [2.05, 4.69) is 16.5 Å². The van der Waals surface area contributed by atoms with Crippen molar-refractivity contribution in [3.05, 3.63) is 35.7 Å². The summed E-state index contributed by atoms with van der Waals surface area (Å²) in [5.74, 6) is 0.849. The van der Waals surface area contributed by atoms with E-state index < -0.39 is 0 Å². The third-order valence-electron chi connectivity index (χ3n) is 2.80. The predicted molar refractivity (Wildman–Crippen MR) is 62.2 cm³/mol. The van der Waals surface area contributed by atoms with Crippen molar-refractivity contribution in [1.29, 1.82) is 0 Å². The van der Waals surface area contributed by atoms with Crippen LogP contribution in [-0.2, 0) is 6.54 Å². The Morgan fingerprint density at radius 2 is 2.25 bits per heavy atom. The second-order valence-corrected chi connectivity index (χ2v) is 3.93. The molecule has 0 bridgehead atoms. The van der Waals surface area contributed by atoms with E-state index >= 15 is 0 Å². The lowest BCUT2D eigenvalue weighted by Crippen LogP contribution is -2.15. The van der Waals surface area contributed by atoms with Crippen molar-refractivity contribution in [2.45, 2.75) is 13.5 Å². The van der Waals surface area contributed by atoms with Crippen molar-refractivity contribution >= 4 is 5.69 Å². The van der Waals surface area contributed by atoms with Crippen molar-refractivity contribution in [2.24, 2.45) is 0 Å². The Balaban J connectivity index is 2.21. The maximum atomic E-state index is 5.23. The van der Waals surface area contributed by atoms with Gasteiger partial charge in [-0.2, -0.15) is 5.10 Å². The first-order valence-electron chi connectivity index (χ1n) is 5.26. The highest BCUT2D eigenvalue weighted by Gasteiger charge is 2.17. The molecular formula is C12H13N3O. The fourth-order valence-corrected chi connectivity index (χ4v) is 2.04. The number of aromatic nitrogens is 2. The van der Waals surface area contributed by atoms with Gasteiger partial charge in [0.2, 0.25) is 0 Å². The quantitative estimate of drug-likeness (QED) is 0.792. The molecule has 0 unspecified atom stereocenters. The molecule has 0 saturated carbocycles. The van der Waals surface area contributed by atoms with Gasteiger partial charge in [0.05, 0.1) is 36.4 Å². The van der Waals surface area contributed by atoms with Crippen LogP contribution in [0.3, 0.4) is 0 Å². The minimum Gasteiger partial charge on any atom is -0.497 e. The highest BCUT2D eigenvalue weighted by atomic mass is 16.5. The molecule has 1 aromatic heterocycles. The Labute approximate surface area is 93.8 Å². The van der Waals surface area contributed by atoms with Gasteiger partial charge in [-0.05, 0) is 25.1 Å². The molecular weight excluding hydrogens is 202 g/mol. The maximum Gasteiger partial charge on any atom is 0.121 e. The van der Waals surface area contributed by atoms with Crippen LogP contribution in [-0.4, -0.2) is 16.9 Å². The fraction of sp³-hybridized carbons (Fsp3) is 0.250. The average molecular weight is 215 g/mol. The summed E-state index contributed by atoms with van der Waals surface area (Å²) in [6, 6.07) is 8.06. The zero-order valence-corrected chi connectivity index (χ0v) is 9.32. The van der Waals surface area contributed by atoms with E-state index in [4.69, 9.17) is 4.74 Å². The molecule has 16 heavy (non-hydrogen) atoms. The van der Waals surface area contributed by atoms with E-state index in [-0.39, 0.29) is 0 Å². The Kier molecular flexibility index (Phi) is 1.89. The summed E-state index contributed by atoms with van der Waals surface area (Å²) in [6.07, 6.45) is 0. The number of aryl methyl sites for hydroxylation is 1. The highest BCUT2D eigenvalue weighted by Crippen LogP contribution is 2.30. The average Bonchev–Trinajstić information content (AvgIpc) is 2.69. The first kappa shape index (κ1) is 9.27. The third-order valence-corrected chi connectivity index (χ3v) is 2.80. The van der Waals surface area contributed by atoms with Crippen LogP contribution in [0.1, 0.15) is 11.4 Å². The molecule has 2 heterocycles. The van der Waals surface area contributed by atoms with Crippen LogP contribution in [0, 0.1) is 6.92 Å². The van der Waals surface area contributed by atoms with Crippen LogP contribution >= 0.6 is 0 Å². The summed E-state index contributed by atoms with van der Waals surface area (Å²) in [5, 5.41) is 7.86. The molecule has 0 spiro atoms. The van der Waals surface area contributed by atoms with Crippen molar-refractivity contribution in [1.82, 2.24) is 9.78 Å². The zero-order chi connectivity index (χ0) is 11.1. The molecule has 1 N–H and O–H groups in total. The number of rotatable bonds is 1. The molecule has 82 valence electrons. The smallest absolute Gasteiger partial charge is 0.121 e. The van der Waals surface area contributed by atoms with Crippen LogP contribution in [0.15, 0.2) is 24.3 Å². The minimum absolute atomic E-state index is 0.820. The monoisotopic (exact) mass is 215 g/mol. The van der Waals surface area contributed by atoms with E-state index in [1.54, 1.807) is 7.11 Å². The Morgan fingerprint density at radius 3 is 3.06 bits per heavy atom. The lowest BCUT2D eigenvalue weighted by Gasteiger charge is -2.20. The third kappa shape index (κ3) is 1.26. The van der Waals surface area contributed by atoms with E-state index in [0.717, 1.165) is 29.4 Å². The van der Waals surface area contributed by atoms with E-state index in [1.165, 1.54) is 5.69 Å². The minimum atomic E-state index is 0.820. The number of ether oxygens (including phenoxy) is 1. The van der Waals surface area contributed by atoms with Crippen LogP contribution < -0.4 is 10.1 Å². The summed E-state index contributed by atoms with van der Waals surface area (Å²) in [7, 11) is 1.67.